The van der Waals surface area contributed by atoms with Gasteiger partial charge in [0.05, 0.1) is 20.8 Å². The lowest BCUT2D eigenvalue weighted by molar-refractivity contribution is -0.137. The fraction of sp³-hybridized carbons (Fsp3) is 0.571. The summed E-state index contributed by atoms with van der Waals surface area (Å²) in [6.45, 7) is 2.07. The van der Waals surface area contributed by atoms with Crippen LogP contribution in [0.25, 0.3) is 0 Å². The van der Waals surface area contributed by atoms with Crippen LogP contribution < -0.4 is 0 Å². The van der Waals surface area contributed by atoms with Crippen LogP contribution in [0.5, 0.6) is 0 Å². The first-order valence-electron chi connectivity index (χ1n) is 3.21. The first-order chi connectivity index (χ1) is 5.24. The van der Waals surface area contributed by atoms with Crippen molar-refractivity contribution >= 4 is 5.97 Å². The quantitative estimate of drug-likeness (QED) is 0.344. The van der Waals surface area contributed by atoms with Gasteiger partial charge in [0.1, 0.15) is 6.08 Å². The molecule has 0 amide bonds. The summed E-state index contributed by atoms with van der Waals surface area (Å²) in [5.41, 5.74) is 0. The van der Waals surface area contributed by atoms with E-state index in [0.717, 1.165) is 6.08 Å². The molecule has 11 heavy (non-hydrogen) atoms. The van der Waals surface area contributed by atoms with Crippen molar-refractivity contribution in [1.82, 2.24) is 0 Å². The highest BCUT2D eigenvalue weighted by molar-refractivity contribution is 5.82. The number of methoxy groups -OCH3 is 2. The number of carbonyl (C=O) groups is 1. The lowest BCUT2D eigenvalue weighted by Crippen LogP contribution is -2.02. The molecule has 0 radical (unpaired) electrons. The molecule has 4 heteroatoms. The number of ether oxygens (including phenoxy) is 3. The van der Waals surface area contributed by atoms with Crippen LogP contribution >= 0.6 is 0 Å². The minimum Gasteiger partial charge on any atom is -0.469 e. The highest BCUT2D eigenvalue weighted by Crippen LogP contribution is 1.95. The molecule has 0 bridgehead atoms. The molecule has 0 aliphatic rings. The van der Waals surface area contributed by atoms with Gasteiger partial charge in [0.2, 0.25) is 0 Å². The van der Waals surface area contributed by atoms with Gasteiger partial charge in [-0.3, -0.25) is 0 Å². The monoisotopic (exact) mass is 160 g/mol. The third kappa shape index (κ3) is 4.25. The second kappa shape index (κ2) is 5.58. The highest BCUT2D eigenvalue weighted by Gasteiger charge is 2.00. The van der Waals surface area contributed by atoms with Gasteiger partial charge >= 0.3 is 5.97 Å². The fourth-order valence-electron chi connectivity index (χ4n) is 0.481. The molecule has 0 fully saturated rings. The third-order valence-electron chi connectivity index (χ3n) is 0.925. The molecule has 0 saturated heterocycles. The van der Waals surface area contributed by atoms with Crippen LogP contribution in [-0.2, 0) is 19.0 Å². The molecule has 0 spiro atoms. The number of hydrogen-bond donors (Lipinski definition) is 0. The Bertz CT molecular complexity index is 145. The summed E-state index contributed by atoms with van der Waals surface area (Å²) in [4.78, 5) is 10.7. The van der Waals surface area contributed by atoms with E-state index in [9.17, 15) is 4.79 Å². The van der Waals surface area contributed by atoms with Crippen molar-refractivity contribution in [2.24, 2.45) is 0 Å². The number of esters is 1. The number of hydrogen-bond acceptors (Lipinski definition) is 4. The molecule has 0 unspecified atom stereocenters. The Morgan fingerprint density at radius 2 is 1.91 bits per heavy atom. The van der Waals surface area contributed by atoms with E-state index in [2.05, 4.69) is 14.2 Å². The Labute approximate surface area is 65.7 Å². The molecule has 0 aliphatic carbocycles. The maximum Gasteiger partial charge on any atom is 0.337 e. The van der Waals surface area contributed by atoms with E-state index in [1.807, 2.05) is 0 Å². The van der Waals surface area contributed by atoms with E-state index in [0.29, 0.717) is 6.61 Å². The summed E-state index contributed by atoms with van der Waals surface area (Å²) in [6.07, 6.45) is 1.14. The molecular formula is C7H12O4. The van der Waals surface area contributed by atoms with Gasteiger partial charge in [0.15, 0.2) is 0 Å². The number of rotatable bonds is 4. The zero-order valence-corrected chi connectivity index (χ0v) is 6.92. The van der Waals surface area contributed by atoms with Crippen LogP contribution in [-0.4, -0.2) is 26.8 Å². The summed E-state index contributed by atoms with van der Waals surface area (Å²) >= 11 is 0. The average molecular weight is 160 g/mol. The summed E-state index contributed by atoms with van der Waals surface area (Å²) in [6, 6.07) is 0. The van der Waals surface area contributed by atoms with Crippen molar-refractivity contribution in [2.75, 3.05) is 20.8 Å². The maximum absolute atomic E-state index is 10.7. The Morgan fingerprint density at radius 1 is 1.36 bits per heavy atom. The third-order valence-corrected chi connectivity index (χ3v) is 0.925. The average Bonchev–Trinajstić information content (AvgIpc) is 2.01. The molecule has 0 aromatic heterocycles. The fourth-order valence-corrected chi connectivity index (χ4v) is 0.481. The Morgan fingerprint density at radius 3 is 2.27 bits per heavy atom. The van der Waals surface area contributed by atoms with Crippen LogP contribution in [0, 0.1) is 0 Å². The summed E-state index contributed by atoms with van der Waals surface area (Å²) in [5.74, 6) is -0.324. The molecule has 0 saturated carbocycles. The van der Waals surface area contributed by atoms with Gasteiger partial charge in [-0.2, -0.15) is 0 Å². The first kappa shape index (κ1) is 9.81. The SMILES string of the molecule is CCOC(=O)C=C(OC)OC. The summed E-state index contributed by atoms with van der Waals surface area (Å²) in [5, 5.41) is 0. The van der Waals surface area contributed by atoms with Crippen LogP contribution in [0.2, 0.25) is 0 Å². The predicted molar refractivity (Wildman–Crippen MR) is 38.7 cm³/mol. The lowest BCUT2D eigenvalue weighted by Gasteiger charge is -2.02. The van der Waals surface area contributed by atoms with Crippen molar-refractivity contribution in [3.05, 3.63) is 12.0 Å². The molecule has 0 aromatic carbocycles. The Hall–Kier alpha value is -1.19. The van der Waals surface area contributed by atoms with Crippen LogP contribution in [0.1, 0.15) is 6.92 Å². The zero-order valence-electron chi connectivity index (χ0n) is 6.92. The van der Waals surface area contributed by atoms with Gasteiger partial charge in [0, 0.05) is 0 Å². The first-order valence-corrected chi connectivity index (χ1v) is 3.21. The second-order valence-electron chi connectivity index (χ2n) is 1.62. The topological polar surface area (TPSA) is 44.8 Å². The van der Waals surface area contributed by atoms with Crippen molar-refractivity contribution in [3.63, 3.8) is 0 Å². The van der Waals surface area contributed by atoms with E-state index in [1.165, 1.54) is 14.2 Å². The van der Waals surface area contributed by atoms with E-state index < -0.39 is 5.97 Å². The molecule has 0 atom stereocenters. The summed E-state index contributed by atoms with van der Waals surface area (Å²) in [7, 11) is 2.82. The van der Waals surface area contributed by atoms with Gasteiger partial charge in [-0.05, 0) is 6.92 Å². The van der Waals surface area contributed by atoms with Gasteiger partial charge in [-0.15, -0.1) is 0 Å². The summed E-state index contributed by atoms with van der Waals surface area (Å²) < 4.78 is 13.9. The van der Waals surface area contributed by atoms with E-state index in [-0.39, 0.29) is 5.95 Å². The van der Waals surface area contributed by atoms with Crippen molar-refractivity contribution < 1.29 is 19.0 Å². The molecule has 0 N–H and O–H groups in total. The molecule has 0 rings (SSSR count). The van der Waals surface area contributed by atoms with E-state index in [4.69, 9.17) is 0 Å². The van der Waals surface area contributed by atoms with Crippen LogP contribution in [0.4, 0.5) is 0 Å². The van der Waals surface area contributed by atoms with Gasteiger partial charge in [-0.25, -0.2) is 4.79 Å². The highest BCUT2D eigenvalue weighted by atomic mass is 16.7. The normalized spacial score (nSPS) is 8.27. The van der Waals surface area contributed by atoms with Crippen molar-refractivity contribution in [1.29, 1.82) is 0 Å². The molecule has 0 aliphatic heterocycles. The van der Waals surface area contributed by atoms with Crippen molar-refractivity contribution in [2.45, 2.75) is 6.92 Å². The Kier molecular flexibility index (Phi) is 4.98. The van der Waals surface area contributed by atoms with E-state index >= 15 is 0 Å². The predicted octanol–water partition coefficient (Wildman–Crippen LogP) is 0.684. The lowest BCUT2D eigenvalue weighted by atomic mass is 10.6. The molecule has 0 heterocycles. The second-order valence-corrected chi connectivity index (χ2v) is 1.62. The van der Waals surface area contributed by atoms with Crippen LogP contribution in [0.3, 0.4) is 0 Å². The molecule has 0 aromatic rings. The van der Waals surface area contributed by atoms with E-state index in [1.54, 1.807) is 6.92 Å². The van der Waals surface area contributed by atoms with Gasteiger partial charge in [-0.1, -0.05) is 0 Å². The molecular weight excluding hydrogens is 148 g/mol. The minimum absolute atomic E-state index is 0.142. The van der Waals surface area contributed by atoms with Crippen molar-refractivity contribution in [3.8, 4) is 0 Å². The smallest absolute Gasteiger partial charge is 0.337 e. The maximum atomic E-state index is 10.7. The van der Waals surface area contributed by atoms with Gasteiger partial charge < -0.3 is 14.2 Å². The number of carbonyl (C=O) groups excluding carboxylic acids is 1. The van der Waals surface area contributed by atoms with Crippen LogP contribution in [0.15, 0.2) is 12.0 Å². The standard InChI is InChI=1S/C7H12O4/c1-4-11-6(8)5-7(9-2)10-3/h5H,4H2,1-3H3. The zero-order chi connectivity index (χ0) is 8.69. The Balaban J connectivity index is 3.93. The minimum atomic E-state index is -0.466. The molecule has 4 nitrogen and oxygen atoms in total. The largest absolute Gasteiger partial charge is 0.469 e. The van der Waals surface area contributed by atoms with Gasteiger partial charge in [0.25, 0.3) is 5.95 Å². The molecule has 64 valence electrons.